The molecule has 0 unspecified atom stereocenters. The number of hydrogen-bond donors (Lipinski definition) is 1. The van der Waals surface area contributed by atoms with E-state index >= 15 is 0 Å². The lowest BCUT2D eigenvalue weighted by atomic mass is 10.1. The molecular weight excluding hydrogens is 262 g/mol. The minimum Gasteiger partial charge on any atom is -0.385 e. The van der Waals surface area contributed by atoms with Crippen LogP contribution in [0.15, 0.2) is 34.9 Å². The van der Waals surface area contributed by atoms with Crippen LogP contribution >= 0.6 is 11.3 Å². The molecule has 2 rings (SSSR count). The highest BCUT2D eigenvalue weighted by Crippen LogP contribution is 2.19. The van der Waals surface area contributed by atoms with Crippen LogP contribution in [0.2, 0.25) is 0 Å². The Kier molecular flexibility index (Phi) is 5.95. The van der Waals surface area contributed by atoms with Crippen LogP contribution in [0.25, 0.3) is 0 Å². The van der Waals surface area contributed by atoms with Gasteiger partial charge in [-0.1, -0.05) is 38.0 Å². The zero-order valence-electron chi connectivity index (χ0n) is 12.5. The topological polar surface area (TPSA) is 12.0 Å². The summed E-state index contributed by atoms with van der Waals surface area (Å²) in [5, 5.41) is 5.44. The van der Waals surface area contributed by atoms with E-state index in [1.54, 1.807) is 11.3 Å². The average molecular weight is 285 g/mol. The molecule has 1 aliphatic rings. The molecule has 1 aromatic rings. The van der Waals surface area contributed by atoms with Crippen molar-refractivity contribution in [2.45, 2.75) is 46.0 Å². The predicted molar refractivity (Wildman–Crippen MR) is 88.9 cm³/mol. The van der Waals surface area contributed by atoms with Gasteiger partial charge in [-0.05, 0) is 48.9 Å². The zero-order chi connectivity index (χ0) is 14.2. The van der Waals surface area contributed by atoms with Gasteiger partial charge in [0.05, 0.1) is 4.88 Å². The lowest BCUT2D eigenvalue weighted by Gasteiger charge is -2.08. The minimum atomic E-state index is 0.890. The van der Waals surface area contributed by atoms with E-state index in [0.717, 1.165) is 12.1 Å². The summed E-state index contributed by atoms with van der Waals surface area (Å²) in [6.45, 7) is 5.23. The first-order valence-corrected chi connectivity index (χ1v) is 8.38. The van der Waals surface area contributed by atoms with Crippen LogP contribution in [-0.2, 0) is 6.42 Å². The number of allylic oxidation sites excluding steroid dienone is 3. The number of unbranched alkanes of at least 4 members (excludes halogenated alkanes) is 3. The average Bonchev–Trinajstić information content (AvgIpc) is 2.89. The standard InChI is InChI=1S/C18H23NS/c1-3-4-5-6-7-17-11-13-20-18(17)9-8-16-10-12-19-15(2)14-16/h10-11,13-14,19H,3-7,12H2,1-2H3. The Hall–Kier alpha value is -1.46. The van der Waals surface area contributed by atoms with E-state index in [2.05, 4.69) is 54.6 Å². The molecule has 0 saturated carbocycles. The van der Waals surface area contributed by atoms with E-state index in [4.69, 9.17) is 0 Å². The third-order valence-electron chi connectivity index (χ3n) is 3.44. The smallest absolute Gasteiger partial charge is 0.0804 e. The van der Waals surface area contributed by atoms with Gasteiger partial charge in [-0.3, -0.25) is 0 Å². The number of rotatable bonds is 5. The van der Waals surface area contributed by atoms with Gasteiger partial charge in [0.2, 0.25) is 0 Å². The molecule has 2 heteroatoms. The monoisotopic (exact) mass is 285 g/mol. The predicted octanol–water partition coefficient (Wildman–Crippen LogP) is 4.66. The second kappa shape index (κ2) is 7.97. The van der Waals surface area contributed by atoms with Crippen LogP contribution in [0, 0.1) is 11.8 Å². The number of thiophene rings is 1. The second-order valence-electron chi connectivity index (χ2n) is 5.20. The molecule has 0 bridgehead atoms. The number of aryl methyl sites for hydroxylation is 1. The first-order valence-electron chi connectivity index (χ1n) is 7.50. The maximum Gasteiger partial charge on any atom is 0.0804 e. The number of nitrogens with one attached hydrogen (secondary N) is 1. The van der Waals surface area contributed by atoms with Crippen LogP contribution < -0.4 is 5.32 Å². The third-order valence-corrected chi connectivity index (χ3v) is 4.31. The summed E-state index contributed by atoms with van der Waals surface area (Å²) in [6.07, 6.45) is 10.7. The molecule has 1 nitrogen and oxygen atoms in total. The van der Waals surface area contributed by atoms with Crippen molar-refractivity contribution in [1.29, 1.82) is 0 Å². The molecule has 20 heavy (non-hydrogen) atoms. The van der Waals surface area contributed by atoms with E-state index in [0.29, 0.717) is 0 Å². The molecule has 1 aromatic heterocycles. The van der Waals surface area contributed by atoms with Gasteiger partial charge in [-0.15, -0.1) is 11.3 Å². The van der Waals surface area contributed by atoms with Gasteiger partial charge in [-0.25, -0.2) is 0 Å². The molecule has 1 N–H and O–H groups in total. The van der Waals surface area contributed by atoms with Crippen LogP contribution in [0.3, 0.4) is 0 Å². The molecule has 0 aromatic carbocycles. The fourth-order valence-corrected chi connectivity index (χ4v) is 3.07. The Morgan fingerprint density at radius 2 is 2.15 bits per heavy atom. The first-order chi connectivity index (χ1) is 9.79. The largest absolute Gasteiger partial charge is 0.385 e. The molecule has 106 valence electrons. The Morgan fingerprint density at radius 3 is 2.95 bits per heavy atom. The summed E-state index contributed by atoms with van der Waals surface area (Å²) >= 11 is 1.77. The van der Waals surface area contributed by atoms with E-state index in [9.17, 15) is 0 Å². The number of dihydropyridines is 1. The molecule has 1 aliphatic heterocycles. The maximum atomic E-state index is 3.35. The molecule has 2 heterocycles. The summed E-state index contributed by atoms with van der Waals surface area (Å²) in [5.41, 5.74) is 3.75. The molecule has 0 spiro atoms. The van der Waals surface area contributed by atoms with Crippen molar-refractivity contribution in [3.05, 3.63) is 45.3 Å². The summed E-state index contributed by atoms with van der Waals surface area (Å²) in [4.78, 5) is 1.24. The lowest BCUT2D eigenvalue weighted by molar-refractivity contribution is 0.667. The van der Waals surface area contributed by atoms with Crippen molar-refractivity contribution in [2.24, 2.45) is 0 Å². The van der Waals surface area contributed by atoms with Gasteiger partial charge >= 0.3 is 0 Å². The van der Waals surface area contributed by atoms with Crippen molar-refractivity contribution in [1.82, 2.24) is 5.32 Å². The normalized spacial score (nSPS) is 13.9. The van der Waals surface area contributed by atoms with Gasteiger partial charge in [0, 0.05) is 17.8 Å². The van der Waals surface area contributed by atoms with Crippen LogP contribution in [-0.4, -0.2) is 6.54 Å². The van der Waals surface area contributed by atoms with Crippen molar-refractivity contribution in [2.75, 3.05) is 6.54 Å². The summed E-state index contributed by atoms with van der Waals surface area (Å²) in [6, 6.07) is 2.23. The Labute approximate surface area is 126 Å². The summed E-state index contributed by atoms with van der Waals surface area (Å²) in [7, 11) is 0. The highest BCUT2D eigenvalue weighted by Gasteiger charge is 2.02. The van der Waals surface area contributed by atoms with Crippen LogP contribution in [0.4, 0.5) is 0 Å². The summed E-state index contributed by atoms with van der Waals surface area (Å²) < 4.78 is 0. The van der Waals surface area contributed by atoms with Gasteiger partial charge in [0.25, 0.3) is 0 Å². The molecule has 0 aliphatic carbocycles. The Balaban J connectivity index is 1.97. The van der Waals surface area contributed by atoms with Crippen molar-refractivity contribution in [3.63, 3.8) is 0 Å². The quantitative estimate of drug-likeness (QED) is 0.613. The molecule has 0 atom stereocenters. The fourth-order valence-electron chi connectivity index (χ4n) is 2.27. The van der Waals surface area contributed by atoms with Gasteiger partial charge in [0.1, 0.15) is 0 Å². The van der Waals surface area contributed by atoms with E-state index < -0.39 is 0 Å². The molecular formula is C18H23NS. The van der Waals surface area contributed by atoms with E-state index in [1.807, 2.05) is 0 Å². The van der Waals surface area contributed by atoms with E-state index in [1.165, 1.54) is 48.2 Å². The first kappa shape index (κ1) is 14.9. The highest BCUT2D eigenvalue weighted by molar-refractivity contribution is 7.10. The second-order valence-corrected chi connectivity index (χ2v) is 6.12. The third kappa shape index (κ3) is 4.58. The zero-order valence-corrected chi connectivity index (χ0v) is 13.3. The minimum absolute atomic E-state index is 0.890. The summed E-state index contributed by atoms with van der Waals surface area (Å²) in [5.74, 6) is 6.65. The number of hydrogen-bond acceptors (Lipinski definition) is 2. The molecule has 0 saturated heterocycles. The SMILES string of the molecule is CCCCCCc1ccsc1C#CC1=CCNC(C)=C1. The molecule has 0 amide bonds. The van der Waals surface area contributed by atoms with E-state index in [-0.39, 0.29) is 0 Å². The van der Waals surface area contributed by atoms with Crippen LogP contribution in [0.1, 0.15) is 50.0 Å². The van der Waals surface area contributed by atoms with Gasteiger partial charge in [0.15, 0.2) is 0 Å². The molecule has 0 radical (unpaired) electrons. The maximum absolute atomic E-state index is 3.35. The Bertz CT molecular complexity index is 551. The highest BCUT2D eigenvalue weighted by atomic mass is 32.1. The Morgan fingerprint density at radius 1 is 1.25 bits per heavy atom. The molecule has 0 fully saturated rings. The van der Waals surface area contributed by atoms with Gasteiger partial charge in [-0.2, -0.15) is 0 Å². The lowest BCUT2D eigenvalue weighted by Crippen LogP contribution is -2.14. The van der Waals surface area contributed by atoms with Crippen molar-refractivity contribution >= 4 is 11.3 Å². The van der Waals surface area contributed by atoms with Gasteiger partial charge < -0.3 is 5.32 Å². The fraction of sp³-hybridized carbons (Fsp3) is 0.444. The van der Waals surface area contributed by atoms with Crippen molar-refractivity contribution in [3.8, 4) is 11.8 Å². The van der Waals surface area contributed by atoms with Crippen molar-refractivity contribution < 1.29 is 0 Å². The van der Waals surface area contributed by atoms with Crippen LogP contribution in [0.5, 0.6) is 0 Å².